The third kappa shape index (κ3) is 70.2. The highest BCUT2D eigenvalue weighted by Gasteiger charge is 2.23. The maximum Gasteiger partial charge on any atom is 0.268 e. The molecular weight excluding hydrogens is 1090 g/mol. The maximum atomic E-state index is 13.0. The summed E-state index contributed by atoms with van der Waals surface area (Å²) < 4.78 is 23.4. The van der Waals surface area contributed by atoms with Crippen molar-refractivity contribution < 1.29 is 32.9 Å². The number of hydrogen-bond donors (Lipinski definition) is 2. The van der Waals surface area contributed by atoms with E-state index in [1.807, 2.05) is 27.2 Å². The number of aliphatic hydroxyl groups excluding tert-OH is 1. The fourth-order valence-corrected chi connectivity index (χ4v) is 11.0. The van der Waals surface area contributed by atoms with E-state index in [0.717, 1.165) is 89.9 Å². The second kappa shape index (κ2) is 67.3. The van der Waals surface area contributed by atoms with E-state index in [2.05, 4.69) is 129 Å². The summed E-state index contributed by atoms with van der Waals surface area (Å²) in [5.41, 5.74) is 0. The summed E-state index contributed by atoms with van der Waals surface area (Å²) in [7, 11) is 1.23. The number of unbranched alkanes of at least 4 members (excludes halogenated alkanes) is 35. The molecule has 0 aliphatic heterocycles. The number of carbonyl (C=O) groups excluding carboxylic acids is 1. The zero-order valence-corrected chi connectivity index (χ0v) is 58.3. The molecule has 87 heavy (non-hydrogen) atoms. The van der Waals surface area contributed by atoms with Gasteiger partial charge in [-0.25, -0.2) is 0 Å². The molecule has 0 saturated carbocycles. The quantitative estimate of drug-likeness (QED) is 0.0272. The van der Waals surface area contributed by atoms with E-state index in [1.54, 1.807) is 6.08 Å². The molecule has 0 aliphatic carbocycles. The molecule has 0 aromatic heterocycles. The van der Waals surface area contributed by atoms with Crippen molar-refractivity contribution in [2.75, 3.05) is 40.9 Å². The Bertz CT molecular complexity index is 1840. The normalized spacial score (nSPS) is 14.3. The van der Waals surface area contributed by atoms with Crippen LogP contribution in [-0.2, 0) is 18.4 Å². The summed E-state index contributed by atoms with van der Waals surface area (Å²) in [5.74, 6) is -0.214. The van der Waals surface area contributed by atoms with E-state index in [4.69, 9.17) is 9.05 Å². The van der Waals surface area contributed by atoms with Crippen LogP contribution in [0.25, 0.3) is 0 Å². The van der Waals surface area contributed by atoms with Crippen LogP contribution in [0.3, 0.4) is 0 Å². The van der Waals surface area contributed by atoms with Crippen LogP contribution < -0.4 is 10.2 Å². The van der Waals surface area contributed by atoms with Crippen molar-refractivity contribution in [1.29, 1.82) is 0 Å². The molecule has 0 bridgehead atoms. The molecule has 3 atom stereocenters. The van der Waals surface area contributed by atoms with E-state index >= 15 is 0 Å². The molecule has 0 rings (SSSR count). The van der Waals surface area contributed by atoms with Crippen molar-refractivity contribution in [2.24, 2.45) is 0 Å². The Balaban J connectivity index is 4.14. The fraction of sp³-hybridized carbons (Fsp3) is 0.731. The second-order valence-electron chi connectivity index (χ2n) is 25.5. The van der Waals surface area contributed by atoms with E-state index in [0.29, 0.717) is 17.4 Å². The van der Waals surface area contributed by atoms with Crippen LogP contribution in [0.5, 0.6) is 0 Å². The molecule has 0 spiro atoms. The molecule has 3 unspecified atom stereocenters. The van der Waals surface area contributed by atoms with Crippen LogP contribution in [-0.4, -0.2) is 68.5 Å². The second-order valence-corrected chi connectivity index (χ2v) is 27.0. The molecule has 0 heterocycles. The van der Waals surface area contributed by atoms with E-state index in [9.17, 15) is 19.4 Å². The van der Waals surface area contributed by atoms with E-state index in [1.165, 1.54) is 205 Å². The number of phosphoric ester groups is 1. The average molecular weight is 1230 g/mol. The van der Waals surface area contributed by atoms with Crippen molar-refractivity contribution in [2.45, 2.75) is 328 Å². The Labute approximate surface area is 539 Å². The van der Waals surface area contributed by atoms with Crippen LogP contribution in [0, 0.1) is 0 Å². The minimum Gasteiger partial charge on any atom is -0.756 e. The molecule has 0 radical (unpaired) electrons. The van der Waals surface area contributed by atoms with Gasteiger partial charge in [0.15, 0.2) is 0 Å². The Morgan fingerprint density at radius 1 is 0.414 bits per heavy atom. The standard InChI is InChI=1S/C78H139N2O6P/c1-6-8-10-12-14-16-18-20-22-24-26-28-30-32-34-36-38-39-40-41-42-44-46-48-50-52-54-56-58-60-62-64-66-68-70-72-78(82)79-76(75-86-87(83,84)85-74-73-80(3,4)5)77(81)71-69-67-65-63-61-59-57-55-53-51-49-47-45-43-37-35-33-31-29-27-25-23-21-19-17-15-13-11-9-7-2/h8,10,14,16,20,22,26,28,32,34,38-39,41-42,53,55,61,63,69,71,76-77,81H,6-7,9,11-13,15,17-19,21,23-25,27,29-31,33,35-37,40,43-52,54,56-60,62,64-68,70,72-75H2,1-5H3,(H-,79,82,83,84)/b10-8-,16-14-,22-20-,28-26-,34-32-,39-38-,42-41-,55-53+,63-61+,71-69+. The van der Waals surface area contributed by atoms with Crippen molar-refractivity contribution in [3.63, 3.8) is 0 Å². The molecule has 502 valence electrons. The Kier molecular flexibility index (Phi) is 64.9. The van der Waals surface area contributed by atoms with Gasteiger partial charge in [-0.1, -0.05) is 328 Å². The zero-order chi connectivity index (χ0) is 63.4. The van der Waals surface area contributed by atoms with Gasteiger partial charge in [0.25, 0.3) is 7.82 Å². The smallest absolute Gasteiger partial charge is 0.268 e. The van der Waals surface area contributed by atoms with E-state index < -0.39 is 26.6 Å². The molecule has 0 fully saturated rings. The highest BCUT2D eigenvalue weighted by atomic mass is 31.2. The van der Waals surface area contributed by atoms with Crippen molar-refractivity contribution in [1.82, 2.24) is 5.32 Å². The van der Waals surface area contributed by atoms with Gasteiger partial charge in [-0.15, -0.1) is 0 Å². The lowest BCUT2D eigenvalue weighted by Gasteiger charge is -2.29. The predicted octanol–water partition coefficient (Wildman–Crippen LogP) is 23.0. The number of likely N-dealkylation sites (N-methyl/N-ethyl adjacent to an activating group) is 1. The monoisotopic (exact) mass is 1230 g/mol. The summed E-state index contributed by atoms with van der Waals surface area (Å²) in [6, 6.07) is -0.920. The minimum atomic E-state index is -4.63. The number of nitrogens with one attached hydrogen (secondary N) is 1. The summed E-state index contributed by atoms with van der Waals surface area (Å²) >= 11 is 0. The van der Waals surface area contributed by atoms with Gasteiger partial charge >= 0.3 is 0 Å². The van der Waals surface area contributed by atoms with Gasteiger partial charge in [-0.3, -0.25) is 9.36 Å². The topological polar surface area (TPSA) is 108 Å². The molecule has 0 aromatic carbocycles. The predicted molar refractivity (Wildman–Crippen MR) is 380 cm³/mol. The molecular formula is C78H139N2O6P. The first kappa shape index (κ1) is 83.9. The minimum absolute atomic E-state index is 0.0139. The number of nitrogens with zero attached hydrogens (tertiary/aromatic N) is 1. The molecule has 2 N–H and O–H groups in total. The summed E-state index contributed by atoms with van der Waals surface area (Å²) in [4.78, 5) is 25.7. The number of hydrogen-bond acceptors (Lipinski definition) is 6. The largest absolute Gasteiger partial charge is 0.756 e. The van der Waals surface area contributed by atoms with Gasteiger partial charge in [0.05, 0.1) is 39.9 Å². The van der Waals surface area contributed by atoms with Crippen LogP contribution in [0.4, 0.5) is 0 Å². The number of carbonyl (C=O) groups is 1. The number of aliphatic hydroxyl groups is 1. The van der Waals surface area contributed by atoms with Gasteiger partial charge in [0, 0.05) is 6.42 Å². The fourth-order valence-electron chi connectivity index (χ4n) is 10.3. The first-order valence-electron chi connectivity index (χ1n) is 36.4. The third-order valence-electron chi connectivity index (χ3n) is 15.9. The number of phosphoric acid groups is 1. The lowest BCUT2D eigenvalue weighted by molar-refractivity contribution is -0.870. The number of quaternary nitrogens is 1. The highest BCUT2D eigenvalue weighted by Crippen LogP contribution is 2.38. The number of amides is 1. The van der Waals surface area contributed by atoms with Crippen LogP contribution in [0.2, 0.25) is 0 Å². The van der Waals surface area contributed by atoms with Gasteiger partial charge in [-0.2, -0.15) is 0 Å². The van der Waals surface area contributed by atoms with Crippen LogP contribution in [0.15, 0.2) is 122 Å². The Hall–Kier alpha value is -3.10. The number of rotatable bonds is 66. The summed E-state index contributed by atoms with van der Waals surface area (Å²) in [6.07, 6.45) is 100. The molecule has 1 amide bonds. The van der Waals surface area contributed by atoms with Gasteiger partial charge in [0.2, 0.25) is 5.91 Å². The van der Waals surface area contributed by atoms with Gasteiger partial charge < -0.3 is 28.8 Å². The maximum absolute atomic E-state index is 13.0. The van der Waals surface area contributed by atoms with Gasteiger partial charge in [0.1, 0.15) is 13.2 Å². The third-order valence-corrected chi connectivity index (χ3v) is 16.8. The molecule has 9 heteroatoms. The van der Waals surface area contributed by atoms with Gasteiger partial charge in [-0.05, 0) is 103 Å². The lowest BCUT2D eigenvalue weighted by Crippen LogP contribution is -2.45. The highest BCUT2D eigenvalue weighted by molar-refractivity contribution is 7.45. The first-order valence-corrected chi connectivity index (χ1v) is 37.9. The summed E-state index contributed by atoms with van der Waals surface area (Å²) in [5, 5.41) is 13.9. The molecule has 0 saturated heterocycles. The van der Waals surface area contributed by atoms with Crippen LogP contribution >= 0.6 is 7.82 Å². The molecule has 0 aromatic rings. The Morgan fingerprint density at radius 3 is 1.07 bits per heavy atom. The van der Waals surface area contributed by atoms with Crippen molar-refractivity contribution in [3.05, 3.63) is 122 Å². The number of allylic oxidation sites excluding steroid dienone is 19. The average Bonchev–Trinajstić information content (AvgIpc) is 3.70. The molecule has 8 nitrogen and oxygen atoms in total. The van der Waals surface area contributed by atoms with E-state index in [-0.39, 0.29) is 12.5 Å². The van der Waals surface area contributed by atoms with Crippen molar-refractivity contribution >= 4 is 13.7 Å². The lowest BCUT2D eigenvalue weighted by atomic mass is 10.0. The Morgan fingerprint density at radius 2 is 0.713 bits per heavy atom. The molecule has 0 aliphatic rings. The SMILES string of the molecule is CC/C=C\C/C=C\C/C=C\C/C=C\C/C=C\C/C=C\C/C=C\CCCCCCCCCCCCCCCC(=O)NC(COP(=O)([O-])OCC[N+](C)(C)C)C(O)/C=C/CC/C=C/CC/C=C/CCCCCCCCCCCCCCCCCCCCCC. The zero-order valence-electron chi connectivity index (χ0n) is 57.4. The summed E-state index contributed by atoms with van der Waals surface area (Å²) in [6.45, 7) is 4.53. The first-order chi connectivity index (χ1) is 42.5. The van der Waals surface area contributed by atoms with Crippen LogP contribution in [0.1, 0.15) is 316 Å². The van der Waals surface area contributed by atoms with Crippen molar-refractivity contribution in [3.8, 4) is 0 Å².